The first-order chi connectivity index (χ1) is 7.66. The summed E-state index contributed by atoms with van der Waals surface area (Å²) in [6, 6.07) is 7.65. The molecule has 0 saturated carbocycles. The number of benzene rings is 1. The smallest absolute Gasteiger partial charge is 0.320 e. The van der Waals surface area contributed by atoms with Crippen LogP contribution in [0.15, 0.2) is 24.3 Å². The zero-order chi connectivity index (χ0) is 11.5. The van der Waals surface area contributed by atoms with Gasteiger partial charge in [-0.25, -0.2) is 4.79 Å². The first kappa shape index (κ1) is 10.7. The molecule has 1 fully saturated rings. The van der Waals surface area contributed by atoms with Crippen molar-refractivity contribution in [2.75, 3.05) is 6.54 Å². The predicted octanol–water partition coefficient (Wildman–Crippen LogP) is 1.44. The van der Waals surface area contributed by atoms with Crippen molar-refractivity contribution in [1.82, 2.24) is 10.2 Å². The Balaban J connectivity index is 2.08. The van der Waals surface area contributed by atoms with Crippen molar-refractivity contribution < 1.29 is 9.59 Å². The predicted molar refractivity (Wildman–Crippen MR) is 59.7 cm³/mol. The van der Waals surface area contributed by atoms with Gasteiger partial charge in [0, 0.05) is 19.5 Å². The fraction of sp³-hybridized carbons (Fsp3) is 0.333. The number of hydrogen-bond acceptors (Lipinski definition) is 2. The summed E-state index contributed by atoms with van der Waals surface area (Å²) in [5, 5.41) is 2.32. The lowest BCUT2D eigenvalue weighted by Crippen LogP contribution is -2.48. The monoisotopic (exact) mass is 218 g/mol. The molecule has 0 aromatic heterocycles. The molecule has 4 heteroatoms. The zero-order valence-corrected chi connectivity index (χ0v) is 9.19. The molecular formula is C12H14N2O2. The molecule has 1 N–H and O–H groups in total. The van der Waals surface area contributed by atoms with E-state index < -0.39 is 0 Å². The maximum Gasteiger partial charge on any atom is 0.324 e. The molecule has 0 aliphatic carbocycles. The first-order valence-electron chi connectivity index (χ1n) is 5.30. The van der Waals surface area contributed by atoms with E-state index in [-0.39, 0.29) is 11.9 Å². The number of imide groups is 1. The Kier molecular flexibility index (Phi) is 2.90. The van der Waals surface area contributed by atoms with Crippen LogP contribution in [-0.2, 0) is 11.3 Å². The van der Waals surface area contributed by atoms with Crippen LogP contribution in [0.1, 0.15) is 17.5 Å². The normalized spacial score (nSPS) is 16.2. The van der Waals surface area contributed by atoms with Crippen molar-refractivity contribution in [2.45, 2.75) is 19.9 Å². The Morgan fingerprint density at radius 2 is 2.06 bits per heavy atom. The van der Waals surface area contributed by atoms with Gasteiger partial charge in [-0.2, -0.15) is 0 Å². The average molecular weight is 218 g/mol. The summed E-state index contributed by atoms with van der Waals surface area (Å²) < 4.78 is 0. The lowest BCUT2D eigenvalue weighted by atomic mass is 10.1. The lowest BCUT2D eigenvalue weighted by Gasteiger charge is -2.27. The van der Waals surface area contributed by atoms with Crippen molar-refractivity contribution in [3.63, 3.8) is 0 Å². The van der Waals surface area contributed by atoms with Gasteiger partial charge >= 0.3 is 6.03 Å². The van der Waals surface area contributed by atoms with Gasteiger partial charge in [-0.05, 0) is 18.1 Å². The molecule has 16 heavy (non-hydrogen) atoms. The Hall–Kier alpha value is -1.84. The number of amides is 3. The number of carbonyl (C=O) groups excluding carboxylic acids is 2. The van der Waals surface area contributed by atoms with Crippen LogP contribution in [0.3, 0.4) is 0 Å². The van der Waals surface area contributed by atoms with E-state index in [9.17, 15) is 9.59 Å². The standard InChI is InChI=1S/C12H14N2O2/c1-9-4-2-3-5-10(9)8-14-7-6-11(15)13-12(14)16/h2-5H,6-8H2,1H3,(H,13,15,16). The van der Waals surface area contributed by atoms with Gasteiger partial charge in [0.2, 0.25) is 5.91 Å². The molecule has 1 saturated heterocycles. The molecule has 1 aliphatic heterocycles. The van der Waals surface area contributed by atoms with Gasteiger partial charge in [-0.15, -0.1) is 0 Å². The van der Waals surface area contributed by atoms with E-state index in [4.69, 9.17) is 0 Å². The van der Waals surface area contributed by atoms with E-state index >= 15 is 0 Å². The fourth-order valence-corrected chi connectivity index (χ4v) is 1.74. The number of nitrogens with one attached hydrogen (secondary N) is 1. The number of nitrogens with zero attached hydrogens (tertiary/aromatic N) is 1. The SMILES string of the molecule is Cc1ccccc1CN1CCC(=O)NC1=O. The van der Waals surface area contributed by atoms with Crippen LogP contribution >= 0.6 is 0 Å². The molecule has 1 heterocycles. The van der Waals surface area contributed by atoms with Gasteiger partial charge in [0.05, 0.1) is 0 Å². The van der Waals surface area contributed by atoms with Crippen molar-refractivity contribution in [1.29, 1.82) is 0 Å². The third kappa shape index (κ3) is 2.21. The van der Waals surface area contributed by atoms with E-state index in [1.165, 1.54) is 0 Å². The molecule has 2 rings (SSSR count). The summed E-state index contributed by atoms with van der Waals surface area (Å²) in [7, 11) is 0. The molecule has 0 spiro atoms. The minimum Gasteiger partial charge on any atom is -0.320 e. The Labute approximate surface area is 94.2 Å². The minimum absolute atomic E-state index is 0.189. The molecule has 0 atom stereocenters. The second-order valence-corrected chi connectivity index (χ2v) is 3.95. The maximum atomic E-state index is 11.5. The summed E-state index contributed by atoms with van der Waals surface area (Å²) in [4.78, 5) is 24.2. The highest BCUT2D eigenvalue weighted by Gasteiger charge is 2.22. The van der Waals surface area contributed by atoms with Crippen LogP contribution in [-0.4, -0.2) is 23.4 Å². The van der Waals surface area contributed by atoms with Gasteiger partial charge in [0.15, 0.2) is 0 Å². The lowest BCUT2D eigenvalue weighted by molar-refractivity contribution is -0.121. The number of rotatable bonds is 2. The largest absolute Gasteiger partial charge is 0.324 e. The van der Waals surface area contributed by atoms with Crippen LogP contribution in [0.4, 0.5) is 4.79 Å². The third-order valence-corrected chi connectivity index (χ3v) is 2.76. The summed E-state index contributed by atoms with van der Waals surface area (Å²) in [5.41, 5.74) is 2.28. The topological polar surface area (TPSA) is 49.4 Å². The van der Waals surface area contributed by atoms with Crippen LogP contribution in [0, 0.1) is 6.92 Å². The quantitative estimate of drug-likeness (QED) is 0.816. The average Bonchev–Trinajstić information content (AvgIpc) is 2.25. The molecule has 0 unspecified atom stereocenters. The highest BCUT2D eigenvalue weighted by Crippen LogP contribution is 2.12. The van der Waals surface area contributed by atoms with E-state index in [0.29, 0.717) is 19.5 Å². The first-order valence-corrected chi connectivity index (χ1v) is 5.30. The molecule has 0 radical (unpaired) electrons. The highest BCUT2D eigenvalue weighted by atomic mass is 16.2. The second-order valence-electron chi connectivity index (χ2n) is 3.95. The maximum absolute atomic E-state index is 11.5. The van der Waals surface area contributed by atoms with Crippen molar-refractivity contribution >= 4 is 11.9 Å². The second kappa shape index (κ2) is 4.35. The number of carbonyl (C=O) groups is 2. The Morgan fingerprint density at radius 3 is 2.75 bits per heavy atom. The van der Waals surface area contributed by atoms with Gasteiger partial charge in [0.1, 0.15) is 0 Å². The molecule has 0 bridgehead atoms. The van der Waals surface area contributed by atoms with E-state index in [1.54, 1.807) is 4.90 Å². The van der Waals surface area contributed by atoms with Gasteiger partial charge in [0.25, 0.3) is 0 Å². The summed E-state index contributed by atoms with van der Waals surface area (Å²) in [6.45, 7) is 3.08. The van der Waals surface area contributed by atoms with Gasteiger partial charge in [-0.1, -0.05) is 24.3 Å². The van der Waals surface area contributed by atoms with Gasteiger partial charge < -0.3 is 4.90 Å². The van der Waals surface area contributed by atoms with E-state index in [0.717, 1.165) is 11.1 Å². The summed E-state index contributed by atoms with van der Waals surface area (Å²) >= 11 is 0. The number of urea groups is 1. The van der Waals surface area contributed by atoms with Crippen molar-refractivity contribution in [3.8, 4) is 0 Å². The van der Waals surface area contributed by atoms with Crippen molar-refractivity contribution in [2.24, 2.45) is 0 Å². The third-order valence-electron chi connectivity index (χ3n) is 2.76. The zero-order valence-electron chi connectivity index (χ0n) is 9.19. The molecular weight excluding hydrogens is 204 g/mol. The summed E-state index contributed by atoms with van der Waals surface area (Å²) in [5.74, 6) is -0.189. The Morgan fingerprint density at radius 1 is 1.31 bits per heavy atom. The van der Waals surface area contributed by atoms with E-state index in [2.05, 4.69) is 5.32 Å². The number of aryl methyl sites for hydroxylation is 1. The molecule has 1 aromatic rings. The fourth-order valence-electron chi connectivity index (χ4n) is 1.74. The van der Waals surface area contributed by atoms with Gasteiger partial charge in [-0.3, -0.25) is 10.1 Å². The van der Waals surface area contributed by atoms with Crippen LogP contribution in [0.5, 0.6) is 0 Å². The minimum atomic E-state index is -0.292. The van der Waals surface area contributed by atoms with Crippen LogP contribution in [0.2, 0.25) is 0 Å². The number of hydrogen-bond donors (Lipinski definition) is 1. The molecule has 1 aliphatic rings. The molecule has 1 aromatic carbocycles. The molecule has 4 nitrogen and oxygen atoms in total. The summed E-state index contributed by atoms with van der Waals surface area (Å²) in [6.07, 6.45) is 0.387. The van der Waals surface area contributed by atoms with Crippen LogP contribution < -0.4 is 5.32 Å². The van der Waals surface area contributed by atoms with E-state index in [1.807, 2.05) is 31.2 Å². The van der Waals surface area contributed by atoms with Crippen molar-refractivity contribution in [3.05, 3.63) is 35.4 Å². The highest BCUT2D eigenvalue weighted by molar-refractivity contribution is 5.96. The van der Waals surface area contributed by atoms with Crippen LogP contribution in [0.25, 0.3) is 0 Å². The molecule has 3 amide bonds. The Bertz CT molecular complexity index is 429. The molecule has 84 valence electrons.